The van der Waals surface area contributed by atoms with Crippen molar-refractivity contribution in [2.24, 2.45) is 0 Å². The Labute approximate surface area is 110 Å². The highest BCUT2D eigenvalue weighted by Gasteiger charge is 2.26. The molecule has 0 fully saturated rings. The Morgan fingerprint density at radius 1 is 1.50 bits per heavy atom. The first-order valence-corrected chi connectivity index (χ1v) is 7.56. The zero-order valence-electron chi connectivity index (χ0n) is 10.4. The monoisotopic (exact) mass is 289 g/mol. The summed E-state index contributed by atoms with van der Waals surface area (Å²) in [5, 5.41) is 10.5. The van der Waals surface area contributed by atoms with E-state index < -0.39 is 16.0 Å². The van der Waals surface area contributed by atoms with Crippen LogP contribution in [0.5, 0.6) is 0 Å². The van der Waals surface area contributed by atoms with Gasteiger partial charge in [-0.3, -0.25) is 0 Å². The quantitative estimate of drug-likeness (QED) is 0.812. The molecule has 0 aliphatic heterocycles. The van der Waals surface area contributed by atoms with Crippen molar-refractivity contribution in [3.63, 3.8) is 0 Å². The molecule has 1 aromatic heterocycles. The molecule has 7 heteroatoms. The molecule has 0 amide bonds. The predicted octanol–water partition coefficient (Wildman–Crippen LogP) is 2.00. The molecule has 5 nitrogen and oxygen atoms in total. The highest BCUT2D eigenvalue weighted by molar-refractivity contribution is 7.89. The number of carbonyl (C=O) groups is 1. The standard InChI is InChI=1S/C11H15NO4S2/c1-7(2)4-5-12-18(15,16)10-8(3)6-17-9(10)11(13)14/h4,6,12H,5H2,1-3H3,(H,13,14). The highest BCUT2D eigenvalue weighted by atomic mass is 32.2. The molecule has 0 unspecified atom stereocenters. The van der Waals surface area contributed by atoms with E-state index in [9.17, 15) is 13.2 Å². The molecular weight excluding hydrogens is 274 g/mol. The van der Waals surface area contributed by atoms with Gasteiger partial charge in [-0.15, -0.1) is 11.3 Å². The van der Waals surface area contributed by atoms with E-state index in [4.69, 9.17) is 5.11 Å². The summed E-state index contributed by atoms with van der Waals surface area (Å²) in [6.45, 7) is 5.44. The van der Waals surface area contributed by atoms with Gasteiger partial charge in [0.1, 0.15) is 9.77 Å². The molecule has 0 aliphatic carbocycles. The van der Waals surface area contributed by atoms with Gasteiger partial charge in [-0.05, 0) is 31.7 Å². The lowest BCUT2D eigenvalue weighted by Gasteiger charge is -2.06. The lowest BCUT2D eigenvalue weighted by molar-refractivity contribution is 0.0698. The number of hydrogen-bond acceptors (Lipinski definition) is 4. The van der Waals surface area contributed by atoms with Crippen LogP contribution in [0, 0.1) is 6.92 Å². The Morgan fingerprint density at radius 3 is 2.61 bits per heavy atom. The van der Waals surface area contributed by atoms with Crippen LogP contribution in [0.4, 0.5) is 0 Å². The zero-order chi connectivity index (χ0) is 13.9. The van der Waals surface area contributed by atoms with Gasteiger partial charge in [-0.25, -0.2) is 17.9 Å². The molecule has 2 N–H and O–H groups in total. The van der Waals surface area contributed by atoms with E-state index in [-0.39, 0.29) is 16.3 Å². The van der Waals surface area contributed by atoms with E-state index in [0.717, 1.165) is 16.9 Å². The van der Waals surface area contributed by atoms with Crippen molar-refractivity contribution in [3.8, 4) is 0 Å². The molecular formula is C11H15NO4S2. The first-order valence-electron chi connectivity index (χ1n) is 5.20. The number of hydrogen-bond donors (Lipinski definition) is 2. The molecule has 0 bridgehead atoms. The van der Waals surface area contributed by atoms with Gasteiger partial charge in [0.25, 0.3) is 0 Å². The molecule has 0 radical (unpaired) electrons. The molecule has 100 valence electrons. The molecule has 0 aliphatic rings. The SMILES string of the molecule is CC(C)=CCNS(=O)(=O)c1c(C)csc1C(=O)O. The second kappa shape index (κ2) is 5.64. The molecule has 0 atom stereocenters. The van der Waals surface area contributed by atoms with E-state index in [1.54, 1.807) is 13.0 Å². The van der Waals surface area contributed by atoms with Crippen LogP contribution in [-0.2, 0) is 10.0 Å². The minimum absolute atomic E-state index is 0.137. The lowest BCUT2D eigenvalue weighted by atomic mass is 10.3. The van der Waals surface area contributed by atoms with Gasteiger partial charge in [-0.1, -0.05) is 11.6 Å². The first-order chi connectivity index (χ1) is 8.25. The number of aromatic carboxylic acids is 1. The van der Waals surface area contributed by atoms with Crippen molar-refractivity contribution in [1.29, 1.82) is 0 Å². The zero-order valence-corrected chi connectivity index (χ0v) is 12.0. The van der Waals surface area contributed by atoms with Crippen molar-refractivity contribution in [1.82, 2.24) is 4.72 Å². The molecule has 18 heavy (non-hydrogen) atoms. The Bertz CT molecular complexity index is 580. The van der Waals surface area contributed by atoms with Crippen LogP contribution in [0.1, 0.15) is 29.1 Å². The van der Waals surface area contributed by atoms with Crippen molar-refractivity contribution < 1.29 is 18.3 Å². The third kappa shape index (κ3) is 3.41. The average molecular weight is 289 g/mol. The summed E-state index contributed by atoms with van der Waals surface area (Å²) in [6.07, 6.45) is 1.72. The molecule has 1 heterocycles. The summed E-state index contributed by atoms with van der Waals surface area (Å²) in [5.74, 6) is -1.23. The van der Waals surface area contributed by atoms with Gasteiger partial charge in [0, 0.05) is 6.54 Å². The van der Waals surface area contributed by atoms with Gasteiger partial charge in [0.05, 0.1) is 0 Å². The van der Waals surface area contributed by atoms with Crippen LogP contribution in [0.3, 0.4) is 0 Å². The molecule has 1 aromatic rings. The van der Waals surface area contributed by atoms with Crippen molar-refractivity contribution in [3.05, 3.63) is 27.5 Å². The predicted molar refractivity (Wildman–Crippen MR) is 70.6 cm³/mol. The van der Waals surface area contributed by atoms with Crippen LogP contribution >= 0.6 is 11.3 Å². The van der Waals surface area contributed by atoms with E-state index in [2.05, 4.69) is 4.72 Å². The molecule has 0 aromatic carbocycles. The molecule has 0 saturated carbocycles. The second-order valence-electron chi connectivity index (χ2n) is 4.02. The maximum Gasteiger partial charge on any atom is 0.347 e. The number of rotatable bonds is 5. The van der Waals surface area contributed by atoms with E-state index in [0.29, 0.717) is 5.56 Å². The largest absolute Gasteiger partial charge is 0.477 e. The van der Waals surface area contributed by atoms with Crippen molar-refractivity contribution >= 4 is 27.3 Å². The van der Waals surface area contributed by atoms with Crippen molar-refractivity contribution in [2.75, 3.05) is 6.54 Å². The summed E-state index contributed by atoms with van der Waals surface area (Å²) in [7, 11) is -3.78. The summed E-state index contributed by atoms with van der Waals surface area (Å²) in [6, 6.07) is 0. The topological polar surface area (TPSA) is 83.5 Å². The summed E-state index contributed by atoms with van der Waals surface area (Å²) >= 11 is 0.917. The fourth-order valence-corrected chi connectivity index (χ4v) is 3.93. The number of sulfonamides is 1. The number of thiophene rings is 1. The Kier molecular flexibility index (Phi) is 4.66. The van der Waals surface area contributed by atoms with Gasteiger partial charge >= 0.3 is 5.97 Å². The number of allylic oxidation sites excluding steroid dienone is 1. The molecule has 0 spiro atoms. The highest BCUT2D eigenvalue weighted by Crippen LogP contribution is 2.26. The fraction of sp³-hybridized carbons (Fsp3) is 0.364. The molecule has 1 rings (SSSR count). The number of nitrogens with one attached hydrogen (secondary N) is 1. The number of aryl methyl sites for hydroxylation is 1. The minimum atomic E-state index is -3.78. The van der Waals surface area contributed by atoms with E-state index in [1.165, 1.54) is 5.38 Å². The maximum absolute atomic E-state index is 12.0. The van der Waals surface area contributed by atoms with Crippen LogP contribution in [0.25, 0.3) is 0 Å². The first kappa shape index (κ1) is 14.9. The van der Waals surface area contributed by atoms with Crippen LogP contribution in [-0.4, -0.2) is 26.0 Å². The minimum Gasteiger partial charge on any atom is -0.477 e. The van der Waals surface area contributed by atoms with Gasteiger partial charge < -0.3 is 5.11 Å². The summed E-state index contributed by atoms with van der Waals surface area (Å²) < 4.78 is 26.4. The summed E-state index contributed by atoms with van der Waals surface area (Å²) in [4.78, 5) is 10.7. The number of carboxylic acids is 1. The van der Waals surface area contributed by atoms with E-state index >= 15 is 0 Å². The maximum atomic E-state index is 12.0. The number of carboxylic acid groups (broad SMARTS) is 1. The Hall–Kier alpha value is -1.18. The van der Waals surface area contributed by atoms with Gasteiger partial charge in [0.15, 0.2) is 0 Å². The molecule has 0 saturated heterocycles. The average Bonchev–Trinajstić information content (AvgIpc) is 2.59. The Balaban J connectivity index is 3.09. The van der Waals surface area contributed by atoms with Crippen molar-refractivity contribution in [2.45, 2.75) is 25.7 Å². The third-order valence-electron chi connectivity index (χ3n) is 2.16. The smallest absolute Gasteiger partial charge is 0.347 e. The van der Waals surface area contributed by atoms with Crippen LogP contribution in [0.2, 0.25) is 0 Å². The Morgan fingerprint density at radius 2 is 2.11 bits per heavy atom. The van der Waals surface area contributed by atoms with Gasteiger partial charge in [-0.2, -0.15) is 0 Å². The van der Waals surface area contributed by atoms with E-state index in [1.807, 2.05) is 13.8 Å². The van der Waals surface area contributed by atoms with Gasteiger partial charge in [0.2, 0.25) is 10.0 Å². The third-order valence-corrected chi connectivity index (χ3v) is 4.99. The van der Waals surface area contributed by atoms with Crippen LogP contribution < -0.4 is 4.72 Å². The second-order valence-corrected chi connectivity index (χ2v) is 6.60. The normalized spacial score (nSPS) is 11.3. The summed E-state index contributed by atoms with van der Waals surface area (Å²) in [5.41, 5.74) is 1.43. The fourth-order valence-electron chi connectivity index (χ4n) is 1.34. The lowest BCUT2D eigenvalue weighted by Crippen LogP contribution is -2.25. The van der Waals surface area contributed by atoms with Crippen LogP contribution in [0.15, 0.2) is 21.9 Å².